The Labute approximate surface area is 169 Å². The maximum absolute atomic E-state index is 12.3. The molecule has 0 aliphatic heterocycles. The lowest BCUT2D eigenvalue weighted by Crippen LogP contribution is -2.40. The van der Waals surface area contributed by atoms with E-state index >= 15 is 0 Å². The molecule has 0 bridgehead atoms. The molecule has 1 unspecified atom stereocenters. The van der Waals surface area contributed by atoms with Crippen LogP contribution < -0.4 is 20.5 Å². The number of nitrogens with one attached hydrogen (secondary N) is 2. The van der Waals surface area contributed by atoms with E-state index < -0.39 is 16.2 Å². The molecule has 0 aliphatic carbocycles. The maximum atomic E-state index is 12.3. The van der Waals surface area contributed by atoms with Crippen molar-refractivity contribution in [2.75, 3.05) is 12.4 Å². The highest BCUT2D eigenvalue weighted by molar-refractivity contribution is 7.89. The van der Waals surface area contributed by atoms with E-state index in [0.717, 1.165) is 5.56 Å². The third-order valence-corrected chi connectivity index (χ3v) is 5.17. The number of rotatable bonds is 8. The van der Waals surface area contributed by atoms with Gasteiger partial charge in [-0.05, 0) is 49.4 Å². The van der Waals surface area contributed by atoms with Gasteiger partial charge < -0.3 is 20.9 Å². The van der Waals surface area contributed by atoms with E-state index in [1.165, 1.54) is 43.3 Å². The first kappa shape index (κ1) is 22.2. The number of methoxy groups -OCH3 is 1. The zero-order valence-corrected chi connectivity index (χ0v) is 16.8. The standard InChI is InChI=1S/C20H23N3O5S/c1-14(24)13-19(21)23-29(26,27)17-10-8-16(9-11-17)22-20(25)12-7-15-5-3-4-6-18(15)28-2/h3-13,19,23-24H,21H2,1-2H3,(H,22,25)/b12-7+,14-13+. The normalized spacial score (nSPS) is 13.3. The summed E-state index contributed by atoms with van der Waals surface area (Å²) < 4.78 is 32.0. The molecule has 2 aromatic carbocycles. The van der Waals surface area contributed by atoms with Gasteiger partial charge in [-0.1, -0.05) is 18.2 Å². The van der Waals surface area contributed by atoms with Crippen LogP contribution in [-0.4, -0.2) is 32.7 Å². The summed E-state index contributed by atoms with van der Waals surface area (Å²) in [4.78, 5) is 12.1. The SMILES string of the molecule is COc1ccccc1/C=C/C(=O)Nc1ccc(S(=O)(=O)NC(N)/C=C(\C)O)cc1. The van der Waals surface area contributed by atoms with Crippen LogP contribution in [0.3, 0.4) is 0 Å². The summed E-state index contributed by atoms with van der Waals surface area (Å²) in [6, 6.07) is 12.9. The molecule has 0 aliphatic rings. The molecule has 8 nitrogen and oxygen atoms in total. The number of anilines is 1. The number of aliphatic hydroxyl groups excluding tert-OH is 1. The van der Waals surface area contributed by atoms with E-state index in [1.807, 2.05) is 18.2 Å². The number of hydrogen-bond donors (Lipinski definition) is 4. The molecule has 0 spiro atoms. The minimum Gasteiger partial charge on any atom is -0.513 e. The second-order valence-corrected chi connectivity index (χ2v) is 7.76. The number of carbonyl (C=O) groups is 1. The number of benzene rings is 2. The second kappa shape index (κ2) is 9.87. The third kappa shape index (κ3) is 6.75. The highest BCUT2D eigenvalue weighted by Gasteiger charge is 2.16. The Morgan fingerprint density at radius 3 is 2.45 bits per heavy atom. The Balaban J connectivity index is 2.04. The van der Waals surface area contributed by atoms with Crippen LogP contribution in [0, 0.1) is 0 Å². The van der Waals surface area contributed by atoms with Crippen molar-refractivity contribution in [1.29, 1.82) is 0 Å². The molecule has 9 heteroatoms. The van der Waals surface area contributed by atoms with Crippen molar-refractivity contribution in [3.05, 3.63) is 72.0 Å². The predicted octanol–water partition coefficient (Wildman–Crippen LogP) is 2.37. The third-order valence-electron chi connectivity index (χ3n) is 3.70. The summed E-state index contributed by atoms with van der Waals surface area (Å²) in [5, 5.41) is 11.8. The zero-order valence-electron chi connectivity index (χ0n) is 16.0. The van der Waals surface area contributed by atoms with Gasteiger partial charge in [0.25, 0.3) is 0 Å². The number of nitrogens with two attached hydrogens (primary N) is 1. The Kier molecular flexibility index (Phi) is 7.54. The van der Waals surface area contributed by atoms with E-state index in [4.69, 9.17) is 15.6 Å². The van der Waals surface area contributed by atoms with Crippen molar-refractivity contribution < 1.29 is 23.1 Å². The monoisotopic (exact) mass is 417 g/mol. The van der Waals surface area contributed by atoms with Gasteiger partial charge in [0, 0.05) is 17.3 Å². The molecule has 2 rings (SSSR count). The minimum absolute atomic E-state index is 0.0282. The van der Waals surface area contributed by atoms with E-state index in [0.29, 0.717) is 11.4 Å². The van der Waals surface area contributed by atoms with Crippen LogP contribution in [0.1, 0.15) is 12.5 Å². The molecule has 0 aromatic heterocycles. The molecule has 5 N–H and O–H groups in total. The van der Waals surface area contributed by atoms with Gasteiger partial charge in [-0.2, -0.15) is 4.72 Å². The van der Waals surface area contributed by atoms with Crippen LogP contribution in [0.2, 0.25) is 0 Å². The molecule has 0 saturated carbocycles. The zero-order chi connectivity index (χ0) is 21.4. The smallest absolute Gasteiger partial charge is 0.248 e. The van der Waals surface area contributed by atoms with Crippen LogP contribution in [0.5, 0.6) is 5.75 Å². The highest BCUT2D eigenvalue weighted by Crippen LogP contribution is 2.19. The number of hydrogen-bond acceptors (Lipinski definition) is 6. The number of ether oxygens (including phenoxy) is 1. The van der Waals surface area contributed by atoms with Gasteiger partial charge in [0.1, 0.15) is 5.75 Å². The molecular weight excluding hydrogens is 394 g/mol. The van der Waals surface area contributed by atoms with Crippen molar-refractivity contribution in [1.82, 2.24) is 4.72 Å². The average Bonchev–Trinajstić information content (AvgIpc) is 2.66. The molecule has 0 heterocycles. The van der Waals surface area contributed by atoms with Gasteiger partial charge in [0.05, 0.1) is 23.9 Å². The molecule has 2 aromatic rings. The topological polar surface area (TPSA) is 131 Å². The van der Waals surface area contributed by atoms with Crippen LogP contribution >= 0.6 is 0 Å². The first-order valence-electron chi connectivity index (χ1n) is 8.59. The molecule has 0 fully saturated rings. The van der Waals surface area contributed by atoms with Gasteiger partial charge in [-0.3, -0.25) is 4.79 Å². The lowest BCUT2D eigenvalue weighted by atomic mass is 10.2. The number of para-hydroxylation sites is 1. The lowest BCUT2D eigenvalue weighted by molar-refractivity contribution is -0.111. The van der Waals surface area contributed by atoms with Crippen molar-refractivity contribution in [2.24, 2.45) is 5.73 Å². The lowest BCUT2D eigenvalue weighted by Gasteiger charge is -2.11. The average molecular weight is 417 g/mol. The Hall–Kier alpha value is -3.14. The largest absolute Gasteiger partial charge is 0.513 e. The van der Waals surface area contributed by atoms with Gasteiger partial charge in [0.2, 0.25) is 15.9 Å². The van der Waals surface area contributed by atoms with Crippen molar-refractivity contribution in [3.8, 4) is 5.75 Å². The van der Waals surface area contributed by atoms with Crippen molar-refractivity contribution in [2.45, 2.75) is 18.0 Å². The number of carbonyl (C=O) groups excluding carboxylic acids is 1. The summed E-state index contributed by atoms with van der Waals surface area (Å²) in [5.74, 6) is 0.165. The number of allylic oxidation sites excluding steroid dienone is 1. The number of sulfonamides is 1. The summed E-state index contributed by atoms with van der Waals surface area (Å²) in [7, 11) is -2.33. The molecule has 0 saturated heterocycles. The van der Waals surface area contributed by atoms with Crippen molar-refractivity contribution in [3.63, 3.8) is 0 Å². The summed E-state index contributed by atoms with van der Waals surface area (Å²) in [6.07, 6.45) is 3.08. The van der Waals surface area contributed by atoms with Gasteiger partial charge >= 0.3 is 0 Å². The Bertz CT molecular complexity index is 1010. The summed E-state index contributed by atoms with van der Waals surface area (Å²) in [6.45, 7) is 1.38. The van der Waals surface area contributed by atoms with Crippen LogP contribution in [-0.2, 0) is 14.8 Å². The fourth-order valence-corrected chi connectivity index (χ4v) is 3.47. The highest BCUT2D eigenvalue weighted by atomic mass is 32.2. The number of aliphatic hydroxyl groups is 1. The fourth-order valence-electron chi connectivity index (χ4n) is 2.41. The first-order chi connectivity index (χ1) is 13.7. The Morgan fingerprint density at radius 2 is 1.83 bits per heavy atom. The summed E-state index contributed by atoms with van der Waals surface area (Å²) in [5.41, 5.74) is 6.77. The van der Waals surface area contributed by atoms with Gasteiger partial charge in [0.15, 0.2) is 0 Å². The number of amides is 1. The second-order valence-electron chi connectivity index (χ2n) is 6.04. The van der Waals surface area contributed by atoms with E-state index in [1.54, 1.807) is 19.3 Å². The van der Waals surface area contributed by atoms with Gasteiger partial charge in [-0.15, -0.1) is 0 Å². The molecule has 154 valence electrons. The Morgan fingerprint density at radius 1 is 1.17 bits per heavy atom. The summed E-state index contributed by atoms with van der Waals surface area (Å²) >= 11 is 0. The molecule has 0 radical (unpaired) electrons. The van der Waals surface area contributed by atoms with Crippen LogP contribution in [0.25, 0.3) is 6.08 Å². The van der Waals surface area contributed by atoms with E-state index in [-0.39, 0.29) is 16.6 Å². The van der Waals surface area contributed by atoms with Crippen LogP contribution in [0.4, 0.5) is 5.69 Å². The first-order valence-corrected chi connectivity index (χ1v) is 10.1. The predicted molar refractivity (Wildman–Crippen MR) is 112 cm³/mol. The molecule has 1 amide bonds. The van der Waals surface area contributed by atoms with Crippen molar-refractivity contribution >= 4 is 27.7 Å². The van der Waals surface area contributed by atoms with E-state index in [9.17, 15) is 13.2 Å². The maximum Gasteiger partial charge on any atom is 0.248 e. The quantitative estimate of drug-likeness (QED) is 0.296. The minimum atomic E-state index is -3.88. The van der Waals surface area contributed by atoms with Crippen LogP contribution in [0.15, 0.2) is 71.3 Å². The molecule has 29 heavy (non-hydrogen) atoms. The molecule has 1 atom stereocenters. The molecular formula is C20H23N3O5S. The van der Waals surface area contributed by atoms with E-state index in [2.05, 4.69) is 10.0 Å². The van der Waals surface area contributed by atoms with Gasteiger partial charge in [-0.25, -0.2) is 8.42 Å². The fraction of sp³-hybridized carbons (Fsp3) is 0.150.